The van der Waals surface area contributed by atoms with Crippen LogP contribution in [0.1, 0.15) is 21.6 Å². The lowest BCUT2D eigenvalue weighted by atomic mass is 10.1. The molecule has 106 valence electrons. The molecule has 1 aromatic carbocycles. The molecule has 2 rings (SSSR count). The molecule has 0 saturated carbocycles. The topological polar surface area (TPSA) is 79.3 Å². The van der Waals surface area contributed by atoms with E-state index in [0.717, 1.165) is 17.2 Å². The van der Waals surface area contributed by atoms with Crippen molar-refractivity contribution in [3.05, 3.63) is 65.5 Å². The molecule has 2 aromatic rings. The van der Waals surface area contributed by atoms with Gasteiger partial charge in [0.25, 0.3) is 5.91 Å². The lowest BCUT2D eigenvalue weighted by Crippen LogP contribution is -2.14. The lowest BCUT2D eigenvalue weighted by molar-refractivity contribution is -0.131. The molecule has 0 radical (unpaired) electrons. The molecule has 0 aliphatic carbocycles. The molecule has 0 atom stereocenters. The summed E-state index contributed by atoms with van der Waals surface area (Å²) in [5.74, 6) is -1.28. The Morgan fingerprint density at radius 2 is 1.90 bits per heavy atom. The summed E-state index contributed by atoms with van der Waals surface area (Å²) < 4.78 is 0. The van der Waals surface area contributed by atoms with E-state index in [1.54, 1.807) is 36.5 Å². The van der Waals surface area contributed by atoms with E-state index in [1.807, 2.05) is 13.0 Å². The van der Waals surface area contributed by atoms with Crippen LogP contribution in [0.3, 0.4) is 0 Å². The molecule has 0 saturated heterocycles. The maximum atomic E-state index is 12.1. The van der Waals surface area contributed by atoms with Gasteiger partial charge in [0.15, 0.2) is 0 Å². The zero-order valence-electron chi connectivity index (χ0n) is 11.4. The number of hydrogen-bond acceptors (Lipinski definition) is 3. The van der Waals surface area contributed by atoms with Crippen LogP contribution in [0, 0.1) is 6.92 Å². The number of amides is 1. The standard InChI is InChI=1S/C16H14N2O3/c1-11-3-2-10-17-15(11)16(21)18-13-7-4-12(5-8-13)6-9-14(19)20/h2-10H,1H3,(H,18,21)(H,19,20). The third kappa shape index (κ3) is 4.01. The Morgan fingerprint density at radius 3 is 2.52 bits per heavy atom. The van der Waals surface area contributed by atoms with E-state index >= 15 is 0 Å². The summed E-state index contributed by atoms with van der Waals surface area (Å²) in [5, 5.41) is 11.3. The first-order chi connectivity index (χ1) is 10.1. The highest BCUT2D eigenvalue weighted by Crippen LogP contribution is 2.13. The number of aliphatic carboxylic acids is 1. The molecule has 2 N–H and O–H groups in total. The van der Waals surface area contributed by atoms with Crippen LogP contribution in [0.2, 0.25) is 0 Å². The minimum atomic E-state index is -1.00. The van der Waals surface area contributed by atoms with Gasteiger partial charge in [-0.15, -0.1) is 0 Å². The van der Waals surface area contributed by atoms with Crippen molar-refractivity contribution in [2.45, 2.75) is 6.92 Å². The van der Waals surface area contributed by atoms with Gasteiger partial charge in [-0.25, -0.2) is 4.79 Å². The molecule has 0 fully saturated rings. The number of benzene rings is 1. The number of nitrogens with one attached hydrogen (secondary N) is 1. The van der Waals surface area contributed by atoms with Crippen molar-refractivity contribution in [2.24, 2.45) is 0 Å². The molecule has 1 amide bonds. The van der Waals surface area contributed by atoms with Crippen LogP contribution in [-0.4, -0.2) is 22.0 Å². The molecular weight excluding hydrogens is 268 g/mol. The molecule has 5 nitrogen and oxygen atoms in total. The Labute approximate surface area is 122 Å². The molecular formula is C16H14N2O3. The fourth-order valence-corrected chi connectivity index (χ4v) is 1.76. The van der Waals surface area contributed by atoms with Gasteiger partial charge in [0.05, 0.1) is 0 Å². The molecule has 0 bridgehead atoms. The Morgan fingerprint density at radius 1 is 1.19 bits per heavy atom. The van der Waals surface area contributed by atoms with Gasteiger partial charge >= 0.3 is 5.97 Å². The van der Waals surface area contributed by atoms with Crippen LogP contribution in [0.4, 0.5) is 5.69 Å². The predicted octanol–water partition coefficient (Wildman–Crippen LogP) is 2.74. The summed E-state index contributed by atoms with van der Waals surface area (Å²) >= 11 is 0. The van der Waals surface area contributed by atoms with E-state index < -0.39 is 5.97 Å². The van der Waals surface area contributed by atoms with E-state index in [0.29, 0.717) is 11.4 Å². The fraction of sp³-hybridized carbons (Fsp3) is 0.0625. The van der Waals surface area contributed by atoms with E-state index in [1.165, 1.54) is 6.08 Å². The summed E-state index contributed by atoms with van der Waals surface area (Å²) in [5.41, 5.74) is 2.55. The molecule has 0 aliphatic rings. The molecule has 5 heteroatoms. The van der Waals surface area contributed by atoms with Gasteiger partial charge in [-0.2, -0.15) is 0 Å². The maximum Gasteiger partial charge on any atom is 0.328 e. The van der Waals surface area contributed by atoms with Crippen molar-refractivity contribution in [2.75, 3.05) is 5.32 Å². The van der Waals surface area contributed by atoms with Crippen LogP contribution in [0.5, 0.6) is 0 Å². The number of carboxylic acid groups (broad SMARTS) is 1. The third-order valence-corrected chi connectivity index (χ3v) is 2.81. The Balaban J connectivity index is 2.09. The number of carbonyl (C=O) groups is 2. The highest BCUT2D eigenvalue weighted by atomic mass is 16.4. The van der Waals surface area contributed by atoms with Crippen molar-refractivity contribution >= 4 is 23.6 Å². The highest BCUT2D eigenvalue weighted by Gasteiger charge is 2.09. The largest absolute Gasteiger partial charge is 0.478 e. The SMILES string of the molecule is Cc1cccnc1C(=O)Nc1ccc(C=CC(=O)O)cc1. The van der Waals surface area contributed by atoms with Crippen LogP contribution in [0.15, 0.2) is 48.7 Å². The second-order valence-corrected chi connectivity index (χ2v) is 4.42. The van der Waals surface area contributed by atoms with Crippen LogP contribution >= 0.6 is 0 Å². The zero-order valence-corrected chi connectivity index (χ0v) is 11.4. The predicted molar refractivity (Wildman–Crippen MR) is 80.0 cm³/mol. The van der Waals surface area contributed by atoms with Gasteiger partial charge in [0.1, 0.15) is 5.69 Å². The average molecular weight is 282 g/mol. The zero-order chi connectivity index (χ0) is 15.2. The lowest BCUT2D eigenvalue weighted by Gasteiger charge is -2.06. The van der Waals surface area contributed by atoms with Crippen LogP contribution < -0.4 is 5.32 Å². The number of carbonyl (C=O) groups excluding carboxylic acids is 1. The van der Waals surface area contributed by atoms with E-state index in [9.17, 15) is 9.59 Å². The number of pyridine rings is 1. The fourth-order valence-electron chi connectivity index (χ4n) is 1.76. The normalized spacial score (nSPS) is 10.5. The number of aryl methyl sites for hydroxylation is 1. The number of carboxylic acids is 1. The number of rotatable bonds is 4. The molecule has 21 heavy (non-hydrogen) atoms. The van der Waals surface area contributed by atoms with E-state index in [2.05, 4.69) is 10.3 Å². The number of nitrogens with zero attached hydrogens (tertiary/aromatic N) is 1. The first-order valence-electron chi connectivity index (χ1n) is 6.30. The van der Waals surface area contributed by atoms with E-state index in [-0.39, 0.29) is 5.91 Å². The second-order valence-electron chi connectivity index (χ2n) is 4.42. The molecule has 0 spiro atoms. The van der Waals surface area contributed by atoms with Crippen LogP contribution in [-0.2, 0) is 4.79 Å². The number of hydrogen-bond donors (Lipinski definition) is 2. The van der Waals surface area contributed by atoms with Crippen molar-refractivity contribution in [1.29, 1.82) is 0 Å². The van der Waals surface area contributed by atoms with Crippen LogP contribution in [0.25, 0.3) is 6.08 Å². The van der Waals surface area contributed by atoms with Gasteiger partial charge < -0.3 is 10.4 Å². The van der Waals surface area contributed by atoms with Gasteiger partial charge in [-0.3, -0.25) is 9.78 Å². The highest BCUT2D eigenvalue weighted by molar-refractivity contribution is 6.03. The summed E-state index contributed by atoms with van der Waals surface area (Å²) in [7, 11) is 0. The second kappa shape index (κ2) is 6.47. The summed E-state index contributed by atoms with van der Waals surface area (Å²) in [6, 6.07) is 10.5. The first-order valence-corrected chi connectivity index (χ1v) is 6.30. The van der Waals surface area contributed by atoms with Crippen molar-refractivity contribution < 1.29 is 14.7 Å². The van der Waals surface area contributed by atoms with Crippen molar-refractivity contribution in [3.8, 4) is 0 Å². The monoisotopic (exact) mass is 282 g/mol. The van der Waals surface area contributed by atoms with Gasteiger partial charge in [0, 0.05) is 18.0 Å². The Kier molecular flexibility index (Phi) is 4.46. The van der Waals surface area contributed by atoms with Gasteiger partial charge in [-0.1, -0.05) is 18.2 Å². The first kappa shape index (κ1) is 14.5. The maximum absolute atomic E-state index is 12.1. The summed E-state index contributed by atoms with van der Waals surface area (Å²) in [4.78, 5) is 26.5. The van der Waals surface area contributed by atoms with Crippen molar-refractivity contribution in [3.63, 3.8) is 0 Å². The minimum Gasteiger partial charge on any atom is -0.478 e. The summed E-state index contributed by atoms with van der Waals surface area (Å²) in [6.07, 6.45) is 4.11. The summed E-state index contributed by atoms with van der Waals surface area (Å²) in [6.45, 7) is 1.82. The number of anilines is 1. The Hall–Kier alpha value is -2.95. The van der Waals surface area contributed by atoms with Gasteiger partial charge in [-0.05, 0) is 42.3 Å². The molecule has 0 unspecified atom stereocenters. The smallest absolute Gasteiger partial charge is 0.328 e. The average Bonchev–Trinajstić information content (AvgIpc) is 2.47. The number of aromatic nitrogens is 1. The Bertz CT molecular complexity index is 691. The third-order valence-electron chi connectivity index (χ3n) is 2.81. The van der Waals surface area contributed by atoms with Gasteiger partial charge in [0.2, 0.25) is 0 Å². The minimum absolute atomic E-state index is 0.276. The molecule has 1 heterocycles. The van der Waals surface area contributed by atoms with E-state index in [4.69, 9.17) is 5.11 Å². The molecule has 0 aliphatic heterocycles. The molecule has 1 aromatic heterocycles. The quantitative estimate of drug-likeness (QED) is 0.845. The van der Waals surface area contributed by atoms with Crippen molar-refractivity contribution in [1.82, 2.24) is 4.98 Å².